The van der Waals surface area contributed by atoms with E-state index in [9.17, 15) is 13.2 Å². The van der Waals surface area contributed by atoms with Gasteiger partial charge in [-0.25, -0.2) is 8.42 Å². The molecule has 0 amide bonds. The molecule has 3 rings (SSSR count). The third kappa shape index (κ3) is 4.95. The van der Waals surface area contributed by atoms with E-state index in [1.807, 2.05) is 25.1 Å². The van der Waals surface area contributed by atoms with Crippen LogP contribution in [0.4, 0.5) is 5.69 Å². The van der Waals surface area contributed by atoms with Crippen molar-refractivity contribution in [1.29, 1.82) is 0 Å². The monoisotopic (exact) mass is 443 g/mol. The average Bonchev–Trinajstić information content (AvgIpc) is 2.74. The van der Waals surface area contributed by atoms with E-state index in [1.54, 1.807) is 24.3 Å². The molecule has 0 heterocycles. The van der Waals surface area contributed by atoms with Gasteiger partial charge in [0.15, 0.2) is 11.5 Å². The lowest BCUT2D eigenvalue weighted by molar-refractivity contribution is 0.108. The zero-order chi connectivity index (χ0) is 21.7. The lowest BCUT2D eigenvalue weighted by atomic mass is 10.1. The third-order valence-electron chi connectivity index (χ3n) is 4.27. The number of hydrogen-bond donors (Lipinski definition) is 1. The molecule has 0 aliphatic heterocycles. The highest BCUT2D eigenvalue weighted by Gasteiger charge is 2.22. The predicted molar refractivity (Wildman–Crippen MR) is 118 cm³/mol. The van der Waals surface area contributed by atoms with Gasteiger partial charge in [0.05, 0.1) is 30.4 Å². The number of nitrogens with one attached hydrogen (secondary N) is 1. The van der Waals surface area contributed by atoms with Crippen molar-refractivity contribution in [3.05, 3.63) is 77.9 Å². The summed E-state index contributed by atoms with van der Waals surface area (Å²) in [6.45, 7) is 1.87. The molecule has 0 unspecified atom stereocenters. The van der Waals surface area contributed by atoms with Crippen molar-refractivity contribution in [3.8, 4) is 11.5 Å². The van der Waals surface area contributed by atoms with Gasteiger partial charge in [-0.05, 0) is 49.0 Å². The molecule has 0 saturated carbocycles. The fourth-order valence-electron chi connectivity index (χ4n) is 2.70. The van der Waals surface area contributed by atoms with E-state index in [2.05, 4.69) is 4.72 Å². The molecular weight excluding hydrogens is 422 g/mol. The largest absolute Gasteiger partial charge is 0.493 e. The molecule has 30 heavy (non-hydrogen) atoms. The number of rotatable bonds is 7. The Balaban J connectivity index is 2.03. The number of carbonyl (C=O) groups excluding carboxylic acids is 1. The Morgan fingerprint density at radius 1 is 0.900 bits per heavy atom. The van der Waals surface area contributed by atoms with Crippen LogP contribution in [0.1, 0.15) is 15.9 Å². The van der Waals surface area contributed by atoms with Gasteiger partial charge in [-0.1, -0.05) is 35.9 Å². The number of sulfonamides is 1. The van der Waals surface area contributed by atoms with Crippen molar-refractivity contribution < 1.29 is 22.7 Å². The fourth-order valence-corrected chi connectivity index (χ4v) is 4.56. The van der Waals surface area contributed by atoms with E-state index in [0.717, 1.165) is 22.2 Å². The van der Waals surface area contributed by atoms with E-state index in [4.69, 9.17) is 9.47 Å². The van der Waals surface area contributed by atoms with E-state index in [-0.39, 0.29) is 21.3 Å². The van der Waals surface area contributed by atoms with E-state index >= 15 is 0 Å². The topological polar surface area (TPSA) is 81.7 Å². The van der Waals surface area contributed by atoms with Crippen LogP contribution in [0.5, 0.6) is 11.5 Å². The molecule has 6 nitrogen and oxygen atoms in total. The minimum atomic E-state index is -3.91. The normalized spacial score (nSPS) is 11.0. The zero-order valence-electron chi connectivity index (χ0n) is 16.7. The van der Waals surface area contributed by atoms with Crippen LogP contribution >= 0.6 is 11.8 Å². The Labute approximate surface area is 180 Å². The molecule has 8 heteroatoms. The molecule has 0 aliphatic carbocycles. The maximum absolute atomic E-state index is 13.0. The van der Waals surface area contributed by atoms with Crippen molar-refractivity contribution in [2.24, 2.45) is 0 Å². The quantitative estimate of drug-likeness (QED) is 0.531. The number of hydrogen-bond acceptors (Lipinski definition) is 6. The van der Waals surface area contributed by atoms with Crippen LogP contribution in [0.3, 0.4) is 0 Å². The molecular formula is C22H21NO5S2. The summed E-state index contributed by atoms with van der Waals surface area (Å²) in [4.78, 5) is 13.8. The Morgan fingerprint density at radius 3 is 2.10 bits per heavy atom. The number of thioether (sulfide) groups is 1. The number of benzene rings is 3. The average molecular weight is 444 g/mol. The molecule has 0 saturated heterocycles. The van der Waals surface area contributed by atoms with Crippen molar-refractivity contribution in [3.63, 3.8) is 0 Å². The summed E-state index contributed by atoms with van der Waals surface area (Å²) in [6, 6.07) is 18.5. The molecule has 0 spiro atoms. The number of anilines is 1. The summed E-state index contributed by atoms with van der Waals surface area (Å²) < 4.78 is 38.9. The minimum Gasteiger partial charge on any atom is -0.493 e. The minimum absolute atomic E-state index is 0.0944. The Kier molecular flexibility index (Phi) is 6.69. The SMILES string of the molecule is COc1cc(NS(=O)(=O)c2ccc(C)cc2)c(C(=O)Sc2ccccc2)cc1OC. The molecule has 156 valence electrons. The Hall–Kier alpha value is -2.97. The smallest absolute Gasteiger partial charge is 0.261 e. The van der Waals surface area contributed by atoms with Gasteiger partial charge >= 0.3 is 0 Å². The van der Waals surface area contributed by atoms with Gasteiger partial charge in [-0.2, -0.15) is 0 Å². The summed E-state index contributed by atoms with van der Waals surface area (Å²) in [5.74, 6) is 0.633. The Morgan fingerprint density at radius 2 is 1.50 bits per heavy atom. The molecule has 0 aliphatic rings. The molecule has 3 aromatic carbocycles. The second kappa shape index (κ2) is 9.23. The van der Waals surface area contributed by atoms with Crippen LogP contribution in [0.2, 0.25) is 0 Å². The first-order chi connectivity index (χ1) is 14.3. The van der Waals surface area contributed by atoms with Gasteiger partial charge in [-0.3, -0.25) is 9.52 Å². The molecule has 3 aromatic rings. The first kappa shape index (κ1) is 21.7. The van der Waals surface area contributed by atoms with Crippen LogP contribution in [-0.4, -0.2) is 27.8 Å². The Bertz CT molecular complexity index is 1140. The first-order valence-electron chi connectivity index (χ1n) is 8.97. The second-order valence-corrected chi connectivity index (χ2v) is 9.10. The molecule has 1 N–H and O–H groups in total. The molecule has 0 radical (unpaired) electrons. The van der Waals surface area contributed by atoms with Crippen molar-refractivity contribution >= 4 is 32.6 Å². The van der Waals surface area contributed by atoms with Crippen LogP contribution in [0.25, 0.3) is 0 Å². The molecule has 0 aromatic heterocycles. The zero-order valence-corrected chi connectivity index (χ0v) is 18.3. The fraction of sp³-hybridized carbons (Fsp3) is 0.136. The number of methoxy groups -OCH3 is 2. The van der Waals surface area contributed by atoms with Gasteiger partial charge in [0, 0.05) is 11.0 Å². The van der Waals surface area contributed by atoms with Gasteiger partial charge in [0.2, 0.25) is 5.12 Å². The predicted octanol–water partition coefficient (Wildman–Crippen LogP) is 4.75. The molecule has 0 bridgehead atoms. The van der Waals surface area contributed by atoms with Crippen LogP contribution < -0.4 is 14.2 Å². The summed E-state index contributed by atoms with van der Waals surface area (Å²) in [5.41, 5.74) is 1.22. The number of carbonyl (C=O) groups is 1. The van der Waals surface area contributed by atoms with Gasteiger partial charge in [0.25, 0.3) is 10.0 Å². The lowest BCUT2D eigenvalue weighted by Crippen LogP contribution is -2.15. The third-order valence-corrected chi connectivity index (χ3v) is 6.57. The van der Waals surface area contributed by atoms with Crippen LogP contribution in [0, 0.1) is 6.92 Å². The maximum atomic E-state index is 13.0. The first-order valence-corrected chi connectivity index (χ1v) is 11.3. The van der Waals surface area contributed by atoms with Gasteiger partial charge in [-0.15, -0.1) is 0 Å². The standard InChI is InChI=1S/C22H21NO5S2/c1-15-9-11-17(12-10-15)30(25,26)23-19-14-21(28-3)20(27-2)13-18(19)22(24)29-16-7-5-4-6-8-16/h4-14,23H,1-3H3. The summed E-state index contributed by atoms with van der Waals surface area (Å²) in [7, 11) is -1.02. The number of aryl methyl sites for hydroxylation is 1. The number of ether oxygens (including phenoxy) is 2. The maximum Gasteiger partial charge on any atom is 0.261 e. The highest BCUT2D eigenvalue weighted by molar-refractivity contribution is 8.14. The molecule has 0 fully saturated rings. The van der Waals surface area contributed by atoms with Gasteiger partial charge in [0.1, 0.15) is 0 Å². The highest BCUT2D eigenvalue weighted by Crippen LogP contribution is 2.37. The van der Waals surface area contributed by atoms with Crippen molar-refractivity contribution in [2.75, 3.05) is 18.9 Å². The summed E-state index contributed by atoms with van der Waals surface area (Å²) >= 11 is 0.997. The van der Waals surface area contributed by atoms with E-state index in [0.29, 0.717) is 11.5 Å². The van der Waals surface area contributed by atoms with Crippen molar-refractivity contribution in [2.45, 2.75) is 16.7 Å². The van der Waals surface area contributed by atoms with Crippen LogP contribution in [0.15, 0.2) is 76.5 Å². The summed E-state index contributed by atoms with van der Waals surface area (Å²) in [6.07, 6.45) is 0. The van der Waals surface area contributed by atoms with Crippen LogP contribution in [-0.2, 0) is 10.0 Å². The van der Waals surface area contributed by atoms with E-state index in [1.165, 1.54) is 38.5 Å². The van der Waals surface area contributed by atoms with E-state index < -0.39 is 10.0 Å². The second-order valence-electron chi connectivity index (χ2n) is 6.37. The van der Waals surface area contributed by atoms with Crippen molar-refractivity contribution in [1.82, 2.24) is 0 Å². The summed E-state index contributed by atoms with van der Waals surface area (Å²) in [5, 5.41) is -0.330. The van der Waals surface area contributed by atoms with Gasteiger partial charge < -0.3 is 9.47 Å². The molecule has 0 atom stereocenters. The lowest BCUT2D eigenvalue weighted by Gasteiger charge is -2.16. The highest BCUT2D eigenvalue weighted by atomic mass is 32.2.